The van der Waals surface area contributed by atoms with E-state index < -0.39 is 0 Å². The second-order valence-electron chi connectivity index (χ2n) is 6.66. The number of benzene rings is 4. The molecule has 0 spiro atoms. The normalized spacial score (nSPS) is 13.7. The molecule has 0 saturated carbocycles. The monoisotopic (exact) mass is 306 g/mol. The van der Waals surface area contributed by atoms with E-state index in [0.29, 0.717) is 0 Å². The second-order valence-corrected chi connectivity index (χ2v) is 6.66. The van der Waals surface area contributed by atoms with E-state index in [4.69, 9.17) is 0 Å². The molecule has 0 heterocycles. The minimum atomic E-state index is 1.04. The van der Waals surface area contributed by atoms with Crippen LogP contribution >= 0.6 is 0 Å². The van der Waals surface area contributed by atoms with E-state index >= 15 is 0 Å². The van der Waals surface area contributed by atoms with Crippen LogP contribution in [0.2, 0.25) is 0 Å². The molecule has 0 bridgehead atoms. The van der Waals surface area contributed by atoms with Gasteiger partial charge >= 0.3 is 0 Å². The highest BCUT2D eigenvalue weighted by Gasteiger charge is 2.20. The van der Waals surface area contributed by atoms with E-state index in [1.54, 1.807) is 0 Å². The zero-order valence-corrected chi connectivity index (χ0v) is 13.7. The van der Waals surface area contributed by atoms with Crippen LogP contribution < -0.4 is 0 Å². The molecule has 1 aliphatic rings. The first-order chi connectivity index (χ1) is 11.8. The van der Waals surface area contributed by atoms with Gasteiger partial charge in [0.25, 0.3) is 0 Å². The van der Waals surface area contributed by atoms with Gasteiger partial charge in [0.15, 0.2) is 0 Å². The molecular weight excluding hydrogens is 288 g/mol. The van der Waals surface area contributed by atoms with Gasteiger partial charge in [-0.15, -0.1) is 0 Å². The number of hydrogen-bond donors (Lipinski definition) is 0. The van der Waals surface area contributed by atoms with Gasteiger partial charge in [0.05, 0.1) is 0 Å². The topological polar surface area (TPSA) is 0 Å². The summed E-state index contributed by atoms with van der Waals surface area (Å²) in [4.78, 5) is 0. The van der Waals surface area contributed by atoms with Crippen molar-refractivity contribution in [3.05, 3.63) is 95.6 Å². The Morgan fingerprint density at radius 3 is 2.12 bits per heavy atom. The summed E-state index contributed by atoms with van der Waals surface area (Å²) in [7, 11) is 0. The van der Waals surface area contributed by atoms with Gasteiger partial charge < -0.3 is 0 Å². The highest BCUT2D eigenvalue weighted by molar-refractivity contribution is 6.07. The third-order valence-corrected chi connectivity index (χ3v) is 5.31. The lowest BCUT2D eigenvalue weighted by Gasteiger charge is -2.11. The lowest BCUT2D eigenvalue weighted by atomic mass is 9.93. The number of hydrogen-bond acceptors (Lipinski definition) is 0. The van der Waals surface area contributed by atoms with Crippen molar-refractivity contribution in [2.45, 2.75) is 13.3 Å². The first-order valence-electron chi connectivity index (χ1n) is 8.51. The molecule has 0 radical (unpaired) electrons. The SMILES string of the molecule is CC1=C(c2cccc3cc4ccccc4cc23)Cc2ccccc21. The van der Waals surface area contributed by atoms with E-state index in [9.17, 15) is 0 Å². The minimum absolute atomic E-state index is 1.04. The van der Waals surface area contributed by atoms with E-state index in [-0.39, 0.29) is 0 Å². The molecule has 1 aliphatic carbocycles. The molecule has 5 rings (SSSR count). The maximum absolute atomic E-state index is 2.35. The Labute approximate surface area is 142 Å². The summed E-state index contributed by atoms with van der Waals surface area (Å²) in [6.45, 7) is 2.26. The van der Waals surface area contributed by atoms with Gasteiger partial charge in [0.1, 0.15) is 0 Å². The van der Waals surface area contributed by atoms with Gasteiger partial charge in [-0.1, -0.05) is 66.7 Å². The van der Waals surface area contributed by atoms with Crippen molar-refractivity contribution < 1.29 is 0 Å². The van der Waals surface area contributed by atoms with Crippen LogP contribution in [-0.2, 0) is 6.42 Å². The Balaban J connectivity index is 1.79. The van der Waals surface area contributed by atoms with Crippen LogP contribution in [0, 0.1) is 0 Å². The fourth-order valence-corrected chi connectivity index (χ4v) is 4.05. The summed E-state index contributed by atoms with van der Waals surface area (Å²) in [6, 6.07) is 28.8. The van der Waals surface area contributed by atoms with E-state index in [1.165, 1.54) is 49.4 Å². The van der Waals surface area contributed by atoms with Crippen LogP contribution in [-0.4, -0.2) is 0 Å². The lowest BCUT2D eigenvalue weighted by molar-refractivity contribution is 1.32. The second kappa shape index (κ2) is 5.07. The molecule has 24 heavy (non-hydrogen) atoms. The molecule has 4 aromatic rings. The van der Waals surface area contributed by atoms with Crippen molar-refractivity contribution in [1.82, 2.24) is 0 Å². The van der Waals surface area contributed by atoms with Gasteiger partial charge in [-0.2, -0.15) is 0 Å². The van der Waals surface area contributed by atoms with E-state index in [2.05, 4.69) is 85.8 Å². The van der Waals surface area contributed by atoms with Gasteiger partial charge in [0, 0.05) is 0 Å². The minimum Gasteiger partial charge on any atom is -0.0619 e. The summed E-state index contributed by atoms with van der Waals surface area (Å²) in [5, 5.41) is 5.30. The number of fused-ring (bicyclic) bond motifs is 3. The molecule has 0 heteroatoms. The highest BCUT2D eigenvalue weighted by Crippen LogP contribution is 2.40. The molecule has 0 aliphatic heterocycles. The number of allylic oxidation sites excluding steroid dienone is 2. The molecule has 0 aromatic heterocycles. The fourth-order valence-electron chi connectivity index (χ4n) is 4.05. The van der Waals surface area contributed by atoms with Crippen LogP contribution in [0.3, 0.4) is 0 Å². The average Bonchev–Trinajstić information content (AvgIpc) is 2.96. The van der Waals surface area contributed by atoms with Gasteiger partial charge in [-0.25, -0.2) is 0 Å². The average molecular weight is 306 g/mol. The van der Waals surface area contributed by atoms with Crippen LogP contribution in [0.5, 0.6) is 0 Å². The summed E-state index contributed by atoms with van der Waals surface area (Å²) >= 11 is 0. The first kappa shape index (κ1) is 13.6. The summed E-state index contributed by atoms with van der Waals surface area (Å²) in [5.41, 5.74) is 7.13. The molecule has 0 N–H and O–H groups in total. The Morgan fingerprint density at radius 1 is 0.625 bits per heavy atom. The summed E-state index contributed by atoms with van der Waals surface area (Å²) in [5.74, 6) is 0. The Bertz CT molecular complexity index is 1130. The first-order valence-corrected chi connectivity index (χ1v) is 8.51. The van der Waals surface area contributed by atoms with Crippen molar-refractivity contribution in [3.63, 3.8) is 0 Å². The molecule has 0 unspecified atom stereocenters. The van der Waals surface area contributed by atoms with Gasteiger partial charge in [0.2, 0.25) is 0 Å². The predicted molar refractivity (Wildman–Crippen MR) is 104 cm³/mol. The fraction of sp³-hybridized carbons (Fsp3) is 0.0833. The third kappa shape index (κ3) is 1.93. The van der Waals surface area contributed by atoms with Crippen molar-refractivity contribution in [1.29, 1.82) is 0 Å². The highest BCUT2D eigenvalue weighted by atomic mass is 14.2. The Morgan fingerprint density at radius 2 is 1.29 bits per heavy atom. The van der Waals surface area contributed by atoms with E-state index in [0.717, 1.165) is 6.42 Å². The molecule has 0 amide bonds. The molecule has 0 saturated heterocycles. The van der Waals surface area contributed by atoms with Crippen LogP contribution in [0.4, 0.5) is 0 Å². The van der Waals surface area contributed by atoms with Crippen molar-refractivity contribution in [3.8, 4) is 0 Å². The predicted octanol–water partition coefficient (Wildman–Crippen LogP) is 6.48. The van der Waals surface area contributed by atoms with Gasteiger partial charge in [-0.05, 0) is 74.9 Å². The molecular formula is C24H18. The summed E-state index contributed by atoms with van der Waals surface area (Å²) < 4.78 is 0. The standard InChI is InChI=1S/C24H18/c1-16-21-11-5-4-9-20(21)15-23(16)22-12-6-10-19-13-17-7-2-3-8-18(17)14-24(19)22/h2-14H,15H2,1H3. The maximum Gasteiger partial charge on any atom is -0.00107 e. The molecule has 0 nitrogen and oxygen atoms in total. The van der Waals surface area contributed by atoms with E-state index in [1.807, 2.05) is 0 Å². The zero-order chi connectivity index (χ0) is 16.1. The molecule has 4 aromatic carbocycles. The maximum atomic E-state index is 2.35. The third-order valence-electron chi connectivity index (χ3n) is 5.31. The van der Waals surface area contributed by atoms with Crippen LogP contribution in [0.25, 0.3) is 32.7 Å². The van der Waals surface area contributed by atoms with Crippen molar-refractivity contribution in [2.24, 2.45) is 0 Å². The molecule has 114 valence electrons. The Hall–Kier alpha value is -2.86. The zero-order valence-electron chi connectivity index (χ0n) is 13.7. The van der Waals surface area contributed by atoms with Crippen molar-refractivity contribution >= 4 is 32.7 Å². The van der Waals surface area contributed by atoms with Crippen LogP contribution in [0.15, 0.2) is 78.9 Å². The lowest BCUT2D eigenvalue weighted by Crippen LogP contribution is -1.89. The van der Waals surface area contributed by atoms with Gasteiger partial charge in [-0.3, -0.25) is 0 Å². The van der Waals surface area contributed by atoms with Crippen LogP contribution in [0.1, 0.15) is 23.6 Å². The smallest absolute Gasteiger partial charge is 0.00107 e. The molecule has 0 atom stereocenters. The van der Waals surface area contributed by atoms with Crippen molar-refractivity contribution in [2.75, 3.05) is 0 Å². The largest absolute Gasteiger partial charge is 0.0619 e. The molecule has 0 fully saturated rings. The quantitative estimate of drug-likeness (QED) is 0.353. The summed E-state index contributed by atoms with van der Waals surface area (Å²) in [6.07, 6.45) is 1.04. The Kier molecular flexibility index (Phi) is 2.87. The number of rotatable bonds is 1.